The van der Waals surface area contributed by atoms with E-state index in [2.05, 4.69) is 0 Å². The van der Waals surface area contributed by atoms with Crippen molar-refractivity contribution in [3.63, 3.8) is 0 Å². The van der Waals surface area contributed by atoms with E-state index in [4.69, 9.17) is 9.47 Å². The van der Waals surface area contributed by atoms with Crippen molar-refractivity contribution < 1.29 is 39.8 Å². The van der Waals surface area contributed by atoms with Crippen molar-refractivity contribution in [1.29, 1.82) is 0 Å². The number of aliphatic carboxylic acids is 1. The first-order valence-corrected chi connectivity index (χ1v) is 9.71. The highest BCUT2D eigenvalue weighted by molar-refractivity contribution is 5.87. The molecular formula is C24H20O8. The van der Waals surface area contributed by atoms with Gasteiger partial charge in [-0.3, -0.25) is 0 Å². The van der Waals surface area contributed by atoms with Crippen LogP contribution < -0.4 is 4.74 Å². The van der Waals surface area contributed by atoms with Gasteiger partial charge in [0.25, 0.3) is 6.29 Å². The zero-order valence-electron chi connectivity index (χ0n) is 16.6. The summed E-state index contributed by atoms with van der Waals surface area (Å²) in [5.74, 6) is -2.86. The Morgan fingerprint density at radius 1 is 0.875 bits per heavy atom. The average Bonchev–Trinajstić information content (AvgIpc) is 2.80. The SMILES string of the molecule is O=C(O)C1=C[C@H](O)[C@@H](O)[C@H](Oc2cc(-c3ccccc3)c(O)c(O)c2-c2ccccc2)O1. The van der Waals surface area contributed by atoms with Crippen molar-refractivity contribution in [3.8, 4) is 39.5 Å². The third kappa shape index (κ3) is 3.96. The number of ether oxygens (including phenoxy) is 2. The molecule has 0 aromatic heterocycles. The first kappa shape index (κ1) is 21.2. The third-order valence-corrected chi connectivity index (χ3v) is 5.03. The molecule has 0 aliphatic carbocycles. The predicted octanol–water partition coefficient (Wildman–Crippen LogP) is 2.86. The third-order valence-electron chi connectivity index (χ3n) is 5.03. The van der Waals surface area contributed by atoms with E-state index in [1.807, 2.05) is 0 Å². The number of phenolic OH excluding ortho intramolecular Hbond substituents is 2. The molecule has 3 aromatic rings. The zero-order chi connectivity index (χ0) is 22.8. The first-order chi connectivity index (χ1) is 15.4. The minimum Gasteiger partial charge on any atom is -0.504 e. The van der Waals surface area contributed by atoms with Gasteiger partial charge in [-0.05, 0) is 23.3 Å². The lowest BCUT2D eigenvalue weighted by molar-refractivity contribution is -0.172. The van der Waals surface area contributed by atoms with Gasteiger partial charge in [0.05, 0.1) is 5.56 Å². The minimum atomic E-state index is -1.60. The van der Waals surface area contributed by atoms with Gasteiger partial charge in [0.1, 0.15) is 11.9 Å². The van der Waals surface area contributed by atoms with Crippen molar-refractivity contribution in [2.45, 2.75) is 18.5 Å². The van der Waals surface area contributed by atoms with Crippen LogP contribution >= 0.6 is 0 Å². The summed E-state index contributed by atoms with van der Waals surface area (Å²) in [5, 5.41) is 51.2. The van der Waals surface area contributed by atoms with Gasteiger partial charge in [-0.2, -0.15) is 0 Å². The number of carbonyl (C=O) groups is 1. The van der Waals surface area contributed by atoms with Crippen molar-refractivity contribution in [2.24, 2.45) is 0 Å². The highest BCUT2D eigenvalue weighted by Gasteiger charge is 2.37. The molecule has 0 saturated carbocycles. The normalized spacial score (nSPS) is 20.2. The van der Waals surface area contributed by atoms with Gasteiger partial charge in [0.2, 0.25) is 5.76 Å². The zero-order valence-corrected chi connectivity index (χ0v) is 16.6. The fraction of sp³-hybridized carbons (Fsp3) is 0.125. The van der Waals surface area contributed by atoms with E-state index in [0.717, 1.165) is 6.08 Å². The van der Waals surface area contributed by atoms with Crippen LogP contribution in [0, 0.1) is 0 Å². The molecule has 3 atom stereocenters. The molecule has 32 heavy (non-hydrogen) atoms. The number of phenols is 2. The molecule has 8 heteroatoms. The average molecular weight is 436 g/mol. The van der Waals surface area contributed by atoms with Crippen LogP contribution in [-0.4, -0.2) is 50.0 Å². The van der Waals surface area contributed by atoms with E-state index in [1.54, 1.807) is 60.7 Å². The van der Waals surface area contributed by atoms with Gasteiger partial charge < -0.3 is 35.0 Å². The van der Waals surface area contributed by atoms with Gasteiger partial charge in [0, 0.05) is 5.56 Å². The molecule has 0 spiro atoms. The maximum Gasteiger partial charge on any atom is 0.371 e. The number of rotatable bonds is 5. The largest absolute Gasteiger partial charge is 0.504 e. The Morgan fingerprint density at radius 3 is 2.06 bits per heavy atom. The molecule has 0 radical (unpaired) electrons. The Balaban J connectivity index is 1.85. The Morgan fingerprint density at radius 2 is 1.47 bits per heavy atom. The molecule has 0 amide bonds. The van der Waals surface area contributed by atoms with Gasteiger partial charge in [0.15, 0.2) is 17.6 Å². The van der Waals surface area contributed by atoms with Crippen LogP contribution in [0.3, 0.4) is 0 Å². The van der Waals surface area contributed by atoms with Crippen LogP contribution in [0.5, 0.6) is 17.2 Å². The molecule has 0 saturated heterocycles. The molecule has 4 rings (SSSR count). The van der Waals surface area contributed by atoms with Gasteiger partial charge in [-0.15, -0.1) is 0 Å². The number of aliphatic hydroxyl groups excluding tert-OH is 2. The maximum absolute atomic E-state index is 11.3. The van der Waals surface area contributed by atoms with Crippen LogP contribution in [0.1, 0.15) is 0 Å². The number of aromatic hydroxyl groups is 2. The van der Waals surface area contributed by atoms with Crippen molar-refractivity contribution in [3.05, 3.63) is 78.6 Å². The summed E-state index contributed by atoms with van der Waals surface area (Å²) in [6, 6.07) is 18.8. The van der Waals surface area contributed by atoms with Crippen LogP contribution in [-0.2, 0) is 9.53 Å². The van der Waals surface area contributed by atoms with Crippen LogP contribution in [0.2, 0.25) is 0 Å². The van der Waals surface area contributed by atoms with E-state index in [-0.39, 0.29) is 22.6 Å². The monoisotopic (exact) mass is 436 g/mol. The van der Waals surface area contributed by atoms with E-state index in [0.29, 0.717) is 11.1 Å². The summed E-state index contributed by atoms with van der Waals surface area (Å²) in [6.07, 6.45) is -3.86. The molecule has 0 fully saturated rings. The number of hydrogen-bond donors (Lipinski definition) is 5. The van der Waals surface area contributed by atoms with Gasteiger partial charge in [-0.1, -0.05) is 60.7 Å². The predicted molar refractivity (Wildman–Crippen MR) is 114 cm³/mol. The highest BCUT2D eigenvalue weighted by Crippen LogP contribution is 2.49. The van der Waals surface area contributed by atoms with Crippen molar-refractivity contribution in [2.75, 3.05) is 0 Å². The number of hydrogen-bond acceptors (Lipinski definition) is 7. The van der Waals surface area contributed by atoms with Crippen molar-refractivity contribution >= 4 is 5.97 Å². The molecule has 1 aliphatic heterocycles. The Kier molecular flexibility index (Phi) is 5.72. The lowest BCUT2D eigenvalue weighted by Crippen LogP contribution is -2.46. The fourth-order valence-corrected chi connectivity index (χ4v) is 3.44. The number of benzene rings is 3. The molecule has 5 N–H and O–H groups in total. The van der Waals surface area contributed by atoms with Crippen LogP contribution in [0.15, 0.2) is 78.6 Å². The summed E-state index contributed by atoms with van der Waals surface area (Å²) in [6.45, 7) is 0. The number of carboxylic acids is 1. The van der Waals surface area contributed by atoms with E-state index in [9.17, 15) is 30.3 Å². The quantitative estimate of drug-likeness (QED) is 0.385. The molecular weight excluding hydrogens is 416 g/mol. The second kappa shape index (κ2) is 8.62. The Labute approximate surface area is 182 Å². The fourth-order valence-electron chi connectivity index (χ4n) is 3.44. The number of aliphatic hydroxyl groups is 2. The summed E-state index contributed by atoms with van der Waals surface area (Å²) >= 11 is 0. The molecule has 3 aromatic carbocycles. The number of carboxylic acid groups (broad SMARTS) is 1. The standard InChI is InChI=1S/C24H20O8/c25-16-12-18(23(29)30)32-24(21(16)27)31-17-11-15(13-7-3-1-4-8-13)20(26)22(28)19(17)14-9-5-2-6-10-14/h1-12,16,21,24-28H,(H,29,30)/t16-,21+,24+/m0/s1. The molecule has 8 nitrogen and oxygen atoms in total. The summed E-state index contributed by atoms with van der Waals surface area (Å²) < 4.78 is 11.0. The summed E-state index contributed by atoms with van der Waals surface area (Å²) in [7, 11) is 0. The Hall–Kier alpha value is -4.01. The topological polar surface area (TPSA) is 137 Å². The first-order valence-electron chi connectivity index (χ1n) is 9.71. The van der Waals surface area contributed by atoms with Crippen LogP contribution in [0.25, 0.3) is 22.3 Å². The second-order valence-electron chi connectivity index (χ2n) is 7.15. The summed E-state index contributed by atoms with van der Waals surface area (Å²) in [4.78, 5) is 11.3. The van der Waals surface area contributed by atoms with Crippen molar-refractivity contribution in [1.82, 2.24) is 0 Å². The van der Waals surface area contributed by atoms with Gasteiger partial charge in [-0.25, -0.2) is 4.79 Å². The summed E-state index contributed by atoms with van der Waals surface area (Å²) in [5.41, 5.74) is 1.44. The maximum atomic E-state index is 11.3. The molecule has 164 valence electrons. The van der Waals surface area contributed by atoms with E-state index < -0.39 is 36.0 Å². The smallest absolute Gasteiger partial charge is 0.371 e. The highest BCUT2D eigenvalue weighted by atomic mass is 16.7. The minimum absolute atomic E-state index is 0.00763. The van der Waals surface area contributed by atoms with E-state index in [1.165, 1.54) is 6.07 Å². The molecule has 0 bridgehead atoms. The lowest BCUT2D eigenvalue weighted by Gasteiger charge is -2.31. The molecule has 0 unspecified atom stereocenters. The lowest BCUT2D eigenvalue weighted by atomic mass is 9.96. The second-order valence-corrected chi connectivity index (χ2v) is 7.15. The van der Waals surface area contributed by atoms with E-state index >= 15 is 0 Å². The molecule has 1 heterocycles. The van der Waals surface area contributed by atoms with Gasteiger partial charge >= 0.3 is 5.97 Å². The van der Waals surface area contributed by atoms with Crippen LogP contribution in [0.4, 0.5) is 0 Å². The Bertz CT molecular complexity index is 1160. The molecule has 1 aliphatic rings.